The molecule has 5 rings (SSSR count). The number of nitrogens with zero attached hydrogens (tertiary/aromatic N) is 4. The van der Waals surface area contributed by atoms with E-state index < -0.39 is 0 Å². The average Bonchev–Trinajstić information content (AvgIpc) is 3.38. The van der Waals surface area contributed by atoms with E-state index in [9.17, 15) is 4.79 Å². The SMILES string of the molecule is Cc1c(C(=O)Nc2ccc3nc(N4CCOCC4)sc3c2)cnn1-c1ccccc1. The van der Waals surface area contributed by atoms with Crippen molar-refractivity contribution in [2.24, 2.45) is 0 Å². The molecule has 1 fully saturated rings. The van der Waals surface area contributed by atoms with E-state index in [1.165, 1.54) is 0 Å². The second kappa shape index (κ2) is 7.89. The van der Waals surface area contributed by atoms with E-state index in [2.05, 4.69) is 15.3 Å². The molecular formula is C22H21N5O2S. The van der Waals surface area contributed by atoms with Crippen molar-refractivity contribution in [2.45, 2.75) is 6.92 Å². The minimum absolute atomic E-state index is 0.174. The van der Waals surface area contributed by atoms with Crippen LogP contribution in [0.15, 0.2) is 54.7 Å². The Morgan fingerprint density at radius 3 is 2.73 bits per heavy atom. The molecular weight excluding hydrogens is 398 g/mol. The van der Waals surface area contributed by atoms with Gasteiger partial charge in [-0.15, -0.1) is 0 Å². The summed E-state index contributed by atoms with van der Waals surface area (Å²) in [5.74, 6) is -0.174. The number of aromatic nitrogens is 3. The standard InChI is InChI=1S/C22H21N5O2S/c1-15-18(14-23-27(15)17-5-3-2-4-6-17)21(28)24-16-7-8-19-20(13-16)30-22(25-19)26-9-11-29-12-10-26/h2-8,13-14H,9-12H2,1H3,(H,24,28). The number of rotatable bonds is 4. The number of hydrogen-bond donors (Lipinski definition) is 1. The minimum Gasteiger partial charge on any atom is -0.378 e. The number of benzene rings is 2. The Bertz CT molecular complexity index is 1190. The van der Waals surface area contributed by atoms with Crippen LogP contribution < -0.4 is 10.2 Å². The molecule has 0 radical (unpaired) electrons. The van der Waals surface area contributed by atoms with Gasteiger partial charge in [0.25, 0.3) is 5.91 Å². The summed E-state index contributed by atoms with van der Waals surface area (Å²) in [4.78, 5) is 19.8. The normalized spacial score (nSPS) is 14.2. The predicted molar refractivity (Wildman–Crippen MR) is 119 cm³/mol. The van der Waals surface area contributed by atoms with Gasteiger partial charge in [0.1, 0.15) is 0 Å². The Morgan fingerprint density at radius 2 is 1.93 bits per heavy atom. The van der Waals surface area contributed by atoms with E-state index in [0.29, 0.717) is 5.56 Å². The van der Waals surface area contributed by atoms with E-state index in [1.54, 1.807) is 22.2 Å². The van der Waals surface area contributed by atoms with E-state index in [4.69, 9.17) is 9.72 Å². The molecule has 30 heavy (non-hydrogen) atoms. The van der Waals surface area contributed by atoms with Crippen molar-refractivity contribution in [3.05, 3.63) is 66.0 Å². The highest BCUT2D eigenvalue weighted by molar-refractivity contribution is 7.22. The van der Waals surface area contributed by atoms with Crippen LogP contribution in [-0.4, -0.2) is 47.0 Å². The fourth-order valence-electron chi connectivity index (χ4n) is 3.54. The number of carbonyl (C=O) groups excluding carboxylic acids is 1. The number of hydrogen-bond acceptors (Lipinski definition) is 6. The Balaban J connectivity index is 1.36. The molecule has 152 valence electrons. The lowest BCUT2D eigenvalue weighted by molar-refractivity contribution is 0.102. The lowest BCUT2D eigenvalue weighted by atomic mass is 10.2. The van der Waals surface area contributed by atoms with Crippen LogP contribution in [0.3, 0.4) is 0 Å². The van der Waals surface area contributed by atoms with Gasteiger partial charge in [0, 0.05) is 18.8 Å². The molecule has 2 aromatic carbocycles. The fraction of sp³-hybridized carbons (Fsp3) is 0.227. The van der Waals surface area contributed by atoms with Gasteiger partial charge in [0.15, 0.2) is 5.13 Å². The minimum atomic E-state index is -0.174. The van der Waals surface area contributed by atoms with Gasteiger partial charge in [0.05, 0.1) is 46.6 Å². The molecule has 1 aliphatic rings. The number of nitrogens with one attached hydrogen (secondary N) is 1. The van der Waals surface area contributed by atoms with Crippen LogP contribution >= 0.6 is 11.3 Å². The smallest absolute Gasteiger partial charge is 0.259 e. The number of thiazole rings is 1. The number of anilines is 2. The van der Waals surface area contributed by atoms with Gasteiger partial charge < -0.3 is 15.0 Å². The zero-order chi connectivity index (χ0) is 20.5. The number of ether oxygens (including phenoxy) is 1. The topological polar surface area (TPSA) is 72.3 Å². The van der Waals surface area contributed by atoms with Crippen molar-refractivity contribution in [2.75, 3.05) is 36.5 Å². The molecule has 1 amide bonds. The molecule has 0 unspecified atom stereocenters. The van der Waals surface area contributed by atoms with Crippen molar-refractivity contribution in [3.63, 3.8) is 0 Å². The quantitative estimate of drug-likeness (QED) is 0.544. The van der Waals surface area contributed by atoms with Crippen LogP contribution in [0.2, 0.25) is 0 Å². The summed E-state index contributed by atoms with van der Waals surface area (Å²) in [6.07, 6.45) is 1.61. The van der Waals surface area contributed by atoms with Gasteiger partial charge in [-0.05, 0) is 37.3 Å². The Hall–Kier alpha value is -3.23. The van der Waals surface area contributed by atoms with Crippen molar-refractivity contribution < 1.29 is 9.53 Å². The summed E-state index contributed by atoms with van der Waals surface area (Å²) in [7, 11) is 0. The first-order chi connectivity index (χ1) is 14.7. The molecule has 3 heterocycles. The van der Waals surface area contributed by atoms with Crippen LogP contribution in [0.5, 0.6) is 0 Å². The van der Waals surface area contributed by atoms with Crippen molar-refractivity contribution in [1.82, 2.24) is 14.8 Å². The van der Waals surface area contributed by atoms with E-state index in [0.717, 1.165) is 58.7 Å². The van der Waals surface area contributed by atoms with E-state index >= 15 is 0 Å². The van der Waals surface area contributed by atoms with Crippen LogP contribution in [0.25, 0.3) is 15.9 Å². The van der Waals surface area contributed by atoms with Crippen LogP contribution in [-0.2, 0) is 4.74 Å². The average molecular weight is 420 g/mol. The molecule has 1 saturated heterocycles. The highest BCUT2D eigenvalue weighted by Gasteiger charge is 2.18. The second-order valence-electron chi connectivity index (χ2n) is 7.12. The number of fused-ring (bicyclic) bond motifs is 1. The first-order valence-electron chi connectivity index (χ1n) is 9.84. The molecule has 1 N–H and O–H groups in total. The van der Waals surface area contributed by atoms with E-state index in [-0.39, 0.29) is 5.91 Å². The number of amides is 1. The fourth-order valence-corrected chi connectivity index (χ4v) is 4.60. The summed E-state index contributed by atoms with van der Waals surface area (Å²) < 4.78 is 8.24. The molecule has 0 saturated carbocycles. The van der Waals surface area contributed by atoms with Crippen LogP contribution in [0.4, 0.5) is 10.8 Å². The molecule has 1 aliphatic heterocycles. The lowest BCUT2D eigenvalue weighted by Gasteiger charge is -2.25. The summed E-state index contributed by atoms with van der Waals surface area (Å²) in [5.41, 5.74) is 3.96. The van der Waals surface area contributed by atoms with Gasteiger partial charge in [-0.3, -0.25) is 4.79 Å². The zero-order valence-corrected chi connectivity index (χ0v) is 17.4. The first-order valence-corrected chi connectivity index (χ1v) is 10.7. The highest BCUT2D eigenvalue weighted by Crippen LogP contribution is 2.31. The summed E-state index contributed by atoms with van der Waals surface area (Å²) >= 11 is 1.64. The number of carbonyl (C=O) groups is 1. The maximum atomic E-state index is 12.9. The van der Waals surface area contributed by atoms with Gasteiger partial charge in [0.2, 0.25) is 0 Å². The van der Waals surface area contributed by atoms with Crippen molar-refractivity contribution >= 4 is 38.3 Å². The Morgan fingerprint density at radius 1 is 1.13 bits per heavy atom. The molecule has 8 heteroatoms. The van der Waals surface area contributed by atoms with Crippen molar-refractivity contribution in [1.29, 1.82) is 0 Å². The summed E-state index contributed by atoms with van der Waals surface area (Å²) in [5, 5.41) is 8.38. The molecule has 0 bridgehead atoms. The predicted octanol–water partition coefficient (Wildman–Crippen LogP) is 3.88. The Labute approximate surface area is 177 Å². The molecule has 7 nitrogen and oxygen atoms in total. The maximum Gasteiger partial charge on any atom is 0.259 e. The lowest BCUT2D eigenvalue weighted by Crippen LogP contribution is -2.36. The monoisotopic (exact) mass is 419 g/mol. The Kier molecular flexibility index (Phi) is 4.94. The molecule has 0 spiro atoms. The molecule has 0 aliphatic carbocycles. The second-order valence-corrected chi connectivity index (χ2v) is 8.13. The summed E-state index contributed by atoms with van der Waals surface area (Å²) in [6, 6.07) is 15.6. The number of morpholine rings is 1. The molecule has 2 aromatic heterocycles. The van der Waals surface area contributed by atoms with Gasteiger partial charge >= 0.3 is 0 Å². The first kappa shape index (κ1) is 18.8. The van der Waals surface area contributed by atoms with Crippen LogP contribution in [0.1, 0.15) is 16.1 Å². The third-order valence-corrected chi connectivity index (χ3v) is 6.25. The third-order valence-electron chi connectivity index (χ3n) is 5.17. The zero-order valence-electron chi connectivity index (χ0n) is 16.5. The highest BCUT2D eigenvalue weighted by atomic mass is 32.1. The van der Waals surface area contributed by atoms with Gasteiger partial charge in [-0.1, -0.05) is 29.5 Å². The molecule has 0 atom stereocenters. The van der Waals surface area contributed by atoms with Crippen LogP contribution in [0, 0.1) is 6.92 Å². The van der Waals surface area contributed by atoms with Gasteiger partial charge in [-0.2, -0.15) is 5.10 Å². The van der Waals surface area contributed by atoms with Crippen molar-refractivity contribution in [3.8, 4) is 5.69 Å². The third kappa shape index (κ3) is 3.55. The maximum absolute atomic E-state index is 12.9. The van der Waals surface area contributed by atoms with Gasteiger partial charge in [-0.25, -0.2) is 9.67 Å². The largest absolute Gasteiger partial charge is 0.378 e. The summed E-state index contributed by atoms with van der Waals surface area (Å²) in [6.45, 7) is 5.07. The molecule has 4 aromatic rings. The van der Waals surface area contributed by atoms with E-state index in [1.807, 2.05) is 55.5 Å². The number of para-hydroxylation sites is 1.